The zero-order valence-electron chi connectivity index (χ0n) is 5.48. The van der Waals surface area contributed by atoms with Crippen molar-refractivity contribution in [3.63, 3.8) is 0 Å². The first-order valence-electron chi connectivity index (χ1n) is 3.13. The van der Waals surface area contributed by atoms with Crippen LogP contribution in [-0.2, 0) is 4.84 Å². The van der Waals surface area contributed by atoms with Gasteiger partial charge in [-0.2, -0.15) is 5.48 Å². The molecule has 1 N–H and O–H groups in total. The third kappa shape index (κ3) is 1.46. The highest BCUT2D eigenvalue weighted by Crippen LogP contribution is 2.32. The summed E-state index contributed by atoms with van der Waals surface area (Å²) in [6.45, 7) is 2.15. The van der Waals surface area contributed by atoms with Crippen molar-refractivity contribution in [1.82, 2.24) is 5.48 Å². The van der Waals surface area contributed by atoms with Crippen molar-refractivity contribution in [2.75, 3.05) is 7.11 Å². The second-order valence-corrected chi connectivity index (χ2v) is 2.45. The summed E-state index contributed by atoms with van der Waals surface area (Å²) in [5.74, 6) is 0.884. The van der Waals surface area contributed by atoms with Gasteiger partial charge in [0.1, 0.15) is 0 Å². The zero-order valence-corrected chi connectivity index (χ0v) is 5.48. The lowest BCUT2D eigenvalue weighted by Crippen LogP contribution is -2.26. The SMILES string of the molecule is CONC(C)C1CC1. The maximum Gasteiger partial charge on any atom is 0.0572 e. The molecule has 0 saturated heterocycles. The van der Waals surface area contributed by atoms with Crippen LogP contribution in [0.5, 0.6) is 0 Å². The molecule has 0 amide bonds. The molecule has 1 fully saturated rings. The van der Waals surface area contributed by atoms with Gasteiger partial charge in [-0.3, -0.25) is 0 Å². The van der Waals surface area contributed by atoms with Gasteiger partial charge in [-0.1, -0.05) is 0 Å². The average molecular weight is 115 g/mol. The first kappa shape index (κ1) is 6.05. The van der Waals surface area contributed by atoms with Crippen molar-refractivity contribution in [3.8, 4) is 0 Å². The lowest BCUT2D eigenvalue weighted by molar-refractivity contribution is 0.0597. The van der Waals surface area contributed by atoms with Crippen LogP contribution in [0.1, 0.15) is 19.8 Å². The van der Waals surface area contributed by atoms with E-state index < -0.39 is 0 Å². The van der Waals surface area contributed by atoms with Gasteiger partial charge in [0.25, 0.3) is 0 Å². The molecular weight excluding hydrogens is 102 g/mol. The number of hydrogen-bond acceptors (Lipinski definition) is 2. The molecule has 48 valence electrons. The Hall–Kier alpha value is -0.0800. The summed E-state index contributed by atoms with van der Waals surface area (Å²) in [6, 6.07) is 0.556. The van der Waals surface area contributed by atoms with Crippen LogP contribution in [0.15, 0.2) is 0 Å². The first-order valence-corrected chi connectivity index (χ1v) is 3.13. The predicted molar refractivity (Wildman–Crippen MR) is 32.3 cm³/mol. The van der Waals surface area contributed by atoms with Crippen molar-refractivity contribution in [1.29, 1.82) is 0 Å². The Kier molecular flexibility index (Phi) is 1.86. The van der Waals surface area contributed by atoms with E-state index in [2.05, 4.69) is 12.4 Å². The van der Waals surface area contributed by atoms with E-state index in [9.17, 15) is 0 Å². The summed E-state index contributed by atoms with van der Waals surface area (Å²) in [5, 5.41) is 0. The third-order valence-electron chi connectivity index (χ3n) is 1.63. The van der Waals surface area contributed by atoms with Crippen LogP contribution in [0.3, 0.4) is 0 Å². The molecule has 1 saturated carbocycles. The molecule has 1 atom stereocenters. The molecular formula is C6H13NO. The van der Waals surface area contributed by atoms with E-state index in [0.717, 1.165) is 5.92 Å². The van der Waals surface area contributed by atoms with Crippen LogP contribution in [-0.4, -0.2) is 13.2 Å². The molecule has 0 aromatic rings. The Bertz CT molecular complexity index is 70.9. The van der Waals surface area contributed by atoms with Gasteiger partial charge in [-0.15, -0.1) is 0 Å². The Morgan fingerprint density at radius 1 is 1.62 bits per heavy atom. The van der Waals surface area contributed by atoms with Crippen LogP contribution in [0.25, 0.3) is 0 Å². The summed E-state index contributed by atoms with van der Waals surface area (Å²) < 4.78 is 0. The second kappa shape index (κ2) is 2.46. The summed E-state index contributed by atoms with van der Waals surface area (Å²) in [6.07, 6.45) is 2.75. The molecule has 1 rings (SSSR count). The van der Waals surface area contributed by atoms with Gasteiger partial charge >= 0.3 is 0 Å². The van der Waals surface area contributed by atoms with Crippen LogP contribution in [0, 0.1) is 5.92 Å². The van der Waals surface area contributed by atoms with Gasteiger partial charge in [0.05, 0.1) is 7.11 Å². The number of nitrogens with one attached hydrogen (secondary N) is 1. The van der Waals surface area contributed by atoms with E-state index in [1.54, 1.807) is 7.11 Å². The fourth-order valence-corrected chi connectivity index (χ4v) is 0.878. The highest BCUT2D eigenvalue weighted by molar-refractivity contribution is 4.80. The van der Waals surface area contributed by atoms with Crippen LogP contribution >= 0.6 is 0 Å². The fraction of sp³-hybridized carbons (Fsp3) is 1.00. The summed E-state index contributed by atoms with van der Waals surface area (Å²) in [4.78, 5) is 4.75. The predicted octanol–water partition coefficient (Wildman–Crippen LogP) is 0.936. The van der Waals surface area contributed by atoms with E-state index in [0.29, 0.717) is 6.04 Å². The smallest absolute Gasteiger partial charge is 0.0572 e. The average Bonchev–Trinajstić information content (AvgIpc) is 2.45. The van der Waals surface area contributed by atoms with E-state index in [4.69, 9.17) is 4.84 Å². The van der Waals surface area contributed by atoms with Gasteiger partial charge in [0, 0.05) is 6.04 Å². The van der Waals surface area contributed by atoms with Gasteiger partial charge in [-0.05, 0) is 25.7 Å². The lowest BCUT2D eigenvalue weighted by atomic mass is 10.2. The van der Waals surface area contributed by atoms with Crippen molar-refractivity contribution in [2.45, 2.75) is 25.8 Å². The number of rotatable bonds is 3. The minimum absolute atomic E-state index is 0.556. The topological polar surface area (TPSA) is 21.3 Å². The zero-order chi connectivity index (χ0) is 5.98. The Morgan fingerprint density at radius 2 is 2.25 bits per heavy atom. The molecule has 2 heteroatoms. The van der Waals surface area contributed by atoms with Gasteiger partial charge in [0.15, 0.2) is 0 Å². The molecule has 0 heterocycles. The Labute approximate surface area is 50.2 Å². The van der Waals surface area contributed by atoms with Crippen LogP contribution in [0.4, 0.5) is 0 Å². The quantitative estimate of drug-likeness (QED) is 0.552. The van der Waals surface area contributed by atoms with E-state index in [1.807, 2.05) is 0 Å². The standard InChI is InChI=1S/C6H13NO/c1-5(7-8-2)6-3-4-6/h5-7H,3-4H2,1-2H3. The van der Waals surface area contributed by atoms with E-state index in [-0.39, 0.29) is 0 Å². The molecule has 1 aliphatic carbocycles. The highest BCUT2D eigenvalue weighted by Gasteiger charge is 2.27. The maximum atomic E-state index is 4.75. The van der Waals surface area contributed by atoms with Crippen molar-refractivity contribution in [2.24, 2.45) is 5.92 Å². The summed E-state index contributed by atoms with van der Waals surface area (Å²) in [5.41, 5.74) is 2.91. The molecule has 8 heavy (non-hydrogen) atoms. The molecule has 1 unspecified atom stereocenters. The first-order chi connectivity index (χ1) is 3.84. The van der Waals surface area contributed by atoms with Crippen molar-refractivity contribution < 1.29 is 4.84 Å². The molecule has 2 nitrogen and oxygen atoms in total. The molecule has 0 aromatic heterocycles. The Balaban J connectivity index is 2.03. The van der Waals surface area contributed by atoms with E-state index in [1.165, 1.54) is 12.8 Å². The third-order valence-corrected chi connectivity index (χ3v) is 1.63. The summed E-state index contributed by atoms with van der Waals surface area (Å²) in [7, 11) is 1.67. The lowest BCUT2D eigenvalue weighted by Gasteiger charge is -2.08. The Morgan fingerprint density at radius 3 is 2.62 bits per heavy atom. The van der Waals surface area contributed by atoms with Crippen LogP contribution < -0.4 is 5.48 Å². The van der Waals surface area contributed by atoms with Crippen molar-refractivity contribution in [3.05, 3.63) is 0 Å². The molecule has 1 aliphatic rings. The second-order valence-electron chi connectivity index (χ2n) is 2.45. The van der Waals surface area contributed by atoms with E-state index >= 15 is 0 Å². The largest absolute Gasteiger partial charge is 0.305 e. The minimum Gasteiger partial charge on any atom is -0.305 e. The maximum absolute atomic E-state index is 4.75. The van der Waals surface area contributed by atoms with Crippen molar-refractivity contribution >= 4 is 0 Å². The summed E-state index contributed by atoms with van der Waals surface area (Å²) >= 11 is 0. The number of hydrogen-bond donors (Lipinski definition) is 1. The minimum atomic E-state index is 0.556. The van der Waals surface area contributed by atoms with Gasteiger partial charge in [-0.25, -0.2) is 0 Å². The highest BCUT2D eigenvalue weighted by atomic mass is 16.6. The van der Waals surface area contributed by atoms with Gasteiger partial charge in [0.2, 0.25) is 0 Å². The monoisotopic (exact) mass is 115 g/mol. The van der Waals surface area contributed by atoms with Crippen LogP contribution in [0.2, 0.25) is 0 Å². The molecule has 0 aliphatic heterocycles. The van der Waals surface area contributed by atoms with Gasteiger partial charge < -0.3 is 4.84 Å². The molecule has 0 aromatic carbocycles. The molecule has 0 radical (unpaired) electrons. The molecule has 0 bridgehead atoms. The molecule has 0 spiro atoms. The normalized spacial score (nSPS) is 23.2. The number of hydroxylamine groups is 1. The fourth-order valence-electron chi connectivity index (χ4n) is 0.878.